The van der Waals surface area contributed by atoms with Crippen molar-refractivity contribution in [3.63, 3.8) is 0 Å². The van der Waals surface area contributed by atoms with E-state index in [1.807, 2.05) is 0 Å². The zero-order chi connectivity index (χ0) is 20.2. The first-order valence-corrected chi connectivity index (χ1v) is 11.6. The lowest BCUT2D eigenvalue weighted by atomic mass is 9.82. The highest BCUT2D eigenvalue weighted by Gasteiger charge is 2.36. The molecular formula is C25H35N3O. The van der Waals surface area contributed by atoms with Crippen LogP contribution in [0.15, 0.2) is 30.3 Å². The van der Waals surface area contributed by atoms with Crippen LogP contribution in [0.3, 0.4) is 0 Å². The smallest absolute Gasteiger partial charge is 0.225 e. The van der Waals surface area contributed by atoms with Crippen LogP contribution in [0.5, 0.6) is 0 Å². The van der Waals surface area contributed by atoms with Gasteiger partial charge in [-0.3, -0.25) is 9.89 Å². The molecule has 2 aliphatic rings. The maximum Gasteiger partial charge on any atom is 0.225 e. The molecule has 1 saturated heterocycles. The Balaban J connectivity index is 1.57. The predicted molar refractivity (Wildman–Crippen MR) is 117 cm³/mol. The minimum atomic E-state index is 0.242. The highest BCUT2D eigenvalue weighted by Crippen LogP contribution is 2.37. The van der Waals surface area contributed by atoms with E-state index in [9.17, 15) is 4.79 Å². The van der Waals surface area contributed by atoms with Gasteiger partial charge in [0, 0.05) is 36.5 Å². The van der Waals surface area contributed by atoms with E-state index in [1.54, 1.807) is 0 Å². The van der Waals surface area contributed by atoms with Crippen molar-refractivity contribution in [1.82, 2.24) is 15.1 Å². The number of aromatic nitrogens is 2. The van der Waals surface area contributed by atoms with Gasteiger partial charge >= 0.3 is 0 Å². The fourth-order valence-electron chi connectivity index (χ4n) is 5.18. The lowest BCUT2D eigenvalue weighted by molar-refractivity contribution is -0.137. The molecule has 1 N–H and O–H groups in total. The van der Waals surface area contributed by atoms with Crippen LogP contribution in [0, 0.1) is 5.92 Å². The van der Waals surface area contributed by atoms with Crippen molar-refractivity contribution in [2.24, 2.45) is 5.92 Å². The summed E-state index contributed by atoms with van der Waals surface area (Å²) in [6, 6.07) is 11.3. The highest BCUT2D eigenvalue weighted by atomic mass is 16.2. The molecule has 0 bridgehead atoms. The second kappa shape index (κ2) is 9.15. The van der Waals surface area contributed by atoms with Crippen LogP contribution < -0.4 is 0 Å². The number of benzene rings is 1. The number of likely N-dealkylation sites (tertiary alicyclic amines) is 1. The van der Waals surface area contributed by atoms with Crippen molar-refractivity contribution in [1.29, 1.82) is 0 Å². The Morgan fingerprint density at radius 1 is 1.10 bits per heavy atom. The van der Waals surface area contributed by atoms with Gasteiger partial charge in [-0.15, -0.1) is 0 Å². The number of piperidine rings is 1. The van der Waals surface area contributed by atoms with Crippen LogP contribution in [0.2, 0.25) is 0 Å². The Morgan fingerprint density at radius 2 is 1.83 bits per heavy atom. The van der Waals surface area contributed by atoms with Gasteiger partial charge in [0.05, 0.1) is 5.69 Å². The summed E-state index contributed by atoms with van der Waals surface area (Å²) in [5.74, 6) is 1.32. The molecule has 1 aliphatic carbocycles. The van der Waals surface area contributed by atoms with E-state index in [1.165, 1.54) is 29.7 Å². The third kappa shape index (κ3) is 4.57. The zero-order valence-corrected chi connectivity index (χ0v) is 18.0. The van der Waals surface area contributed by atoms with Gasteiger partial charge in [-0.05, 0) is 49.3 Å². The van der Waals surface area contributed by atoms with Gasteiger partial charge in [-0.25, -0.2) is 0 Å². The summed E-state index contributed by atoms with van der Waals surface area (Å²) in [7, 11) is 0. The largest absolute Gasteiger partial charge is 0.341 e. The van der Waals surface area contributed by atoms with Crippen LogP contribution in [0.4, 0.5) is 0 Å². The van der Waals surface area contributed by atoms with E-state index < -0.39 is 0 Å². The van der Waals surface area contributed by atoms with Crippen LogP contribution >= 0.6 is 0 Å². The summed E-state index contributed by atoms with van der Waals surface area (Å²) < 4.78 is 0. The second-order valence-electron chi connectivity index (χ2n) is 9.02. The number of carbonyl (C=O) groups is 1. The fourth-order valence-corrected chi connectivity index (χ4v) is 5.18. The van der Waals surface area contributed by atoms with Crippen molar-refractivity contribution in [2.75, 3.05) is 13.1 Å². The van der Waals surface area contributed by atoms with Gasteiger partial charge in [-0.1, -0.05) is 57.4 Å². The molecule has 2 unspecified atom stereocenters. The zero-order valence-electron chi connectivity index (χ0n) is 18.0. The van der Waals surface area contributed by atoms with E-state index >= 15 is 0 Å². The molecule has 1 aliphatic heterocycles. The molecule has 1 aromatic heterocycles. The number of hydrogen-bond donors (Lipinski definition) is 1. The van der Waals surface area contributed by atoms with Crippen molar-refractivity contribution in [2.45, 2.75) is 77.0 Å². The summed E-state index contributed by atoms with van der Waals surface area (Å²) in [5.41, 5.74) is 5.08. The average Bonchev–Trinajstić information content (AvgIpc) is 3.46. The molecule has 0 radical (unpaired) electrons. The van der Waals surface area contributed by atoms with Crippen LogP contribution in [-0.4, -0.2) is 34.1 Å². The van der Waals surface area contributed by atoms with E-state index in [-0.39, 0.29) is 5.92 Å². The number of aryl methyl sites for hydroxylation is 2. The van der Waals surface area contributed by atoms with Gasteiger partial charge in [0.1, 0.15) is 0 Å². The molecule has 156 valence electrons. The highest BCUT2D eigenvalue weighted by molar-refractivity contribution is 5.79. The standard InChI is InChI=1S/C25H35N3O/c1-3-7-23-15-24(27-26-23)22-14-21(19-12-10-18(4-2)11-13-19)16-28(17-22)25(29)20-8-5-6-9-20/h10-13,15,20-22H,3-9,14,16-17H2,1-2H3,(H,26,27). The first kappa shape index (κ1) is 20.2. The topological polar surface area (TPSA) is 49.0 Å². The molecule has 1 amide bonds. The number of rotatable bonds is 6. The van der Waals surface area contributed by atoms with Crippen LogP contribution in [-0.2, 0) is 17.6 Å². The van der Waals surface area contributed by atoms with Crippen molar-refractivity contribution in [3.05, 3.63) is 52.8 Å². The van der Waals surface area contributed by atoms with Gasteiger partial charge in [0.2, 0.25) is 5.91 Å². The Hall–Kier alpha value is -2.10. The fraction of sp³-hybridized carbons (Fsp3) is 0.600. The Bertz CT molecular complexity index is 804. The minimum Gasteiger partial charge on any atom is -0.341 e. The number of hydrogen-bond acceptors (Lipinski definition) is 2. The summed E-state index contributed by atoms with van der Waals surface area (Å²) in [4.78, 5) is 15.4. The number of amides is 1. The number of nitrogens with one attached hydrogen (secondary N) is 1. The molecule has 2 heterocycles. The van der Waals surface area contributed by atoms with E-state index in [0.717, 1.165) is 57.3 Å². The molecule has 4 rings (SSSR count). The molecule has 2 fully saturated rings. The Morgan fingerprint density at radius 3 is 2.52 bits per heavy atom. The second-order valence-corrected chi connectivity index (χ2v) is 9.02. The quantitative estimate of drug-likeness (QED) is 0.732. The first-order chi connectivity index (χ1) is 14.2. The average molecular weight is 394 g/mol. The van der Waals surface area contributed by atoms with Crippen LogP contribution in [0.1, 0.15) is 86.7 Å². The number of nitrogens with zero attached hydrogens (tertiary/aromatic N) is 2. The molecule has 4 nitrogen and oxygen atoms in total. The Kier molecular flexibility index (Phi) is 6.37. The summed E-state index contributed by atoms with van der Waals surface area (Å²) >= 11 is 0. The van der Waals surface area contributed by atoms with Crippen molar-refractivity contribution in [3.8, 4) is 0 Å². The lowest BCUT2D eigenvalue weighted by Crippen LogP contribution is -2.44. The summed E-state index contributed by atoms with van der Waals surface area (Å²) in [6.45, 7) is 6.05. The minimum absolute atomic E-state index is 0.242. The number of carbonyl (C=O) groups excluding carboxylic acids is 1. The molecular weight excluding hydrogens is 358 g/mol. The molecule has 4 heteroatoms. The van der Waals surface area contributed by atoms with Crippen molar-refractivity contribution < 1.29 is 4.79 Å². The molecule has 2 aromatic rings. The predicted octanol–water partition coefficient (Wildman–Crippen LogP) is 5.21. The third-order valence-electron chi connectivity index (χ3n) is 6.91. The number of H-pyrrole nitrogens is 1. The van der Waals surface area contributed by atoms with Gasteiger partial charge in [-0.2, -0.15) is 5.10 Å². The monoisotopic (exact) mass is 393 g/mol. The summed E-state index contributed by atoms with van der Waals surface area (Å²) in [5, 5.41) is 7.86. The van der Waals surface area contributed by atoms with Gasteiger partial charge in [0.15, 0.2) is 0 Å². The normalized spacial score (nSPS) is 22.9. The van der Waals surface area contributed by atoms with E-state index in [4.69, 9.17) is 0 Å². The van der Waals surface area contributed by atoms with E-state index in [2.05, 4.69) is 59.3 Å². The summed E-state index contributed by atoms with van der Waals surface area (Å²) in [6.07, 6.45) is 8.82. The molecule has 2 atom stereocenters. The van der Waals surface area contributed by atoms with Gasteiger partial charge < -0.3 is 4.90 Å². The first-order valence-electron chi connectivity index (χ1n) is 11.6. The maximum absolute atomic E-state index is 13.3. The lowest BCUT2D eigenvalue weighted by Gasteiger charge is -2.38. The third-order valence-corrected chi connectivity index (χ3v) is 6.91. The van der Waals surface area contributed by atoms with Gasteiger partial charge in [0.25, 0.3) is 0 Å². The molecule has 1 saturated carbocycles. The molecule has 29 heavy (non-hydrogen) atoms. The van der Waals surface area contributed by atoms with E-state index in [0.29, 0.717) is 17.7 Å². The molecule has 0 spiro atoms. The maximum atomic E-state index is 13.3. The SMILES string of the molecule is CCCc1cc(C2CC(c3ccc(CC)cc3)CN(C(=O)C3CCCC3)C2)n[nH]1. The number of aromatic amines is 1. The van der Waals surface area contributed by atoms with Crippen LogP contribution in [0.25, 0.3) is 0 Å². The Labute approximate surface area is 175 Å². The molecule has 1 aromatic carbocycles. The van der Waals surface area contributed by atoms with Crippen molar-refractivity contribution >= 4 is 5.91 Å².